The average Bonchev–Trinajstić information content (AvgIpc) is 2.00. The first-order valence-corrected chi connectivity index (χ1v) is 3.27. The van der Waals surface area contributed by atoms with Crippen LogP contribution in [0.4, 0.5) is 0 Å². The van der Waals surface area contributed by atoms with Crippen LogP contribution < -0.4 is 0 Å². The molecule has 0 aliphatic heterocycles. The summed E-state index contributed by atoms with van der Waals surface area (Å²) in [5.74, 6) is -1.78. The molecule has 0 radical (unpaired) electrons. The number of carbonyl (C=O) groups excluding carboxylic acids is 2. The summed E-state index contributed by atoms with van der Waals surface area (Å²) in [6.45, 7) is 2.67. The zero-order chi connectivity index (χ0) is 9.02. The minimum absolute atomic E-state index is 0.428. The van der Waals surface area contributed by atoms with Gasteiger partial charge >= 0.3 is 5.97 Å². The lowest BCUT2D eigenvalue weighted by molar-refractivity contribution is -0.151. The highest BCUT2D eigenvalue weighted by Gasteiger charge is 2.25. The van der Waals surface area contributed by atoms with E-state index in [1.54, 1.807) is 0 Å². The second-order valence-electron chi connectivity index (χ2n) is 2.37. The molecule has 0 bridgehead atoms. The van der Waals surface area contributed by atoms with E-state index in [1.807, 2.05) is 0 Å². The van der Waals surface area contributed by atoms with Crippen molar-refractivity contribution in [2.45, 2.75) is 20.0 Å². The van der Waals surface area contributed by atoms with Crippen molar-refractivity contribution < 1.29 is 19.4 Å². The Morgan fingerprint density at radius 2 is 1.91 bits per heavy atom. The summed E-state index contributed by atoms with van der Waals surface area (Å²) < 4.78 is 4.33. The molecule has 11 heavy (non-hydrogen) atoms. The lowest BCUT2D eigenvalue weighted by Gasteiger charge is -2.12. The summed E-state index contributed by atoms with van der Waals surface area (Å²) >= 11 is 0. The maximum atomic E-state index is 10.7. The third-order valence-electron chi connectivity index (χ3n) is 1.46. The molecule has 0 aliphatic rings. The Morgan fingerprint density at radius 3 is 2.18 bits per heavy atom. The molecule has 1 N–H and O–H groups in total. The number of carbonyl (C=O) groups is 2. The number of methoxy groups -OCH3 is 1. The normalized spacial score (nSPS) is 15.3. The molecule has 0 aromatic heterocycles. The van der Waals surface area contributed by atoms with Crippen LogP contribution in [-0.2, 0) is 14.3 Å². The lowest BCUT2D eigenvalue weighted by atomic mass is 10.0. The quantitative estimate of drug-likeness (QED) is 0.578. The Labute approximate surface area is 65.2 Å². The highest BCUT2D eigenvalue weighted by Crippen LogP contribution is 2.05. The van der Waals surface area contributed by atoms with Gasteiger partial charge in [0.05, 0.1) is 13.0 Å². The molecule has 0 fully saturated rings. The fraction of sp³-hybridized carbons (Fsp3) is 0.714. The van der Waals surface area contributed by atoms with Crippen LogP contribution in [0.1, 0.15) is 13.8 Å². The van der Waals surface area contributed by atoms with Crippen molar-refractivity contribution in [3.05, 3.63) is 0 Å². The summed E-state index contributed by atoms with van der Waals surface area (Å²) in [5.41, 5.74) is 0. The minimum atomic E-state index is -1.25. The fourth-order valence-corrected chi connectivity index (χ4v) is 0.667. The van der Waals surface area contributed by atoms with Gasteiger partial charge < -0.3 is 9.84 Å². The van der Waals surface area contributed by atoms with Crippen molar-refractivity contribution in [2.75, 3.05) is 7.11 Å². The standard InChI is InChI=1S/C7H12O4/c1-4(7(10)11-3)6(9)5(2)8/h4,6,9H,1-3H3. The first-order valence-electron chi connectivity index (χ1n) is 3.27. The number of aliphatic hydroxyl groups excluding tert-OH is 1. The van der Waals surface area contributed by atoms with E-state index in [0.717, 1.165) is 0 Å². The molecular formula is C7H12O4. The van der Waals surface area contributed by atoms with Crippen molar-refractivity contribution in [1.29, 1.82) is 0 Å². The van der Waals surface area contributed by atoms with Gasteiger partial charge in [-0.15, -0.1) is 0 Å². The van der Waals surface area contributed by atoms with E-state index < -0.39 is 23.8 Å². The van der Waals surface area contributed by atoms with Crippen LogP contribution in [0.5, 0.6) is 0 Å². The van der Waals surface area contributed by atoms with Crippen LogP contribution in [0.25, 0.3) is 0 Å². The Balaban J connectivity index is 4.12. The molecule has 2 atom stereocenters. The number of ketones is 1. The van der Waals surface area contributed by atoms with Crippen LogP contribution >= 0.6 is 0 Å². The first kappa shape index (κ1) is 10.1. The van der Waals surface area contributed by atoms with E-state index in [1.165, 1.54) is 21.0 Å². The predicted octanol–water partition coefficient (Wildman–Crippen LogP) is -0.255. The number of rotatable bonds is 3. The molecule has 0 saturated heterocycles. The number of Topliss-reactive ketones (excluding diaryl/α,β-unsaturated/α-hetero) is 1. The summed E-state index contributed by atoms with van der Waals surface area (Å²) in [6.07, 6.45) is -1.25. The van der Waals surface area contributed by atoms with E-state index in [0.29, 0.717) is 0 Å². The highest BCUT2D eigenvalue weighted by molar-refractivity contribution is 5.86. The van der Waals surface area contributed by atoms with Crippen LogP contribution in [0.15, 0.2) is 0 Å². The molecule has 0 aromatic rings. The highest BCUT2D eigenvalue weighted by atomic mass is 16.5. The Hall–Kier alpha value is -0.900. The summed E-state index contributed by atoms with van der Waals surface area (Å²) in [6, 6.07) is 0. The third-order valence-corrected chi connectivity index (χ3v) is 1.46. The van der Waals surface area contributed by atoms with Crippen LogP contribution in [-0.4, -0.2) is 30.1 Å². The summed E-state index contributed by atoms with van der Waals surface area (Å²) in [7, 11) is 1.21. The van der Waals surface area contributed by atoms with E-state index in [9.17, 15) is 9.59 Å². The molecule has 0 spiro atoms. The van der Waals surface area contributed by atoms with Gasteiger partial charge in [0.2, 0.25) is 0 Å². The summed E-state index contributed by atoms with van der Waals surface area (Å²) in [5, 5.41) is 9.05. The molecular weight excluding hydrogens is 148 g/mol. The SMILES string of the molecule is COC(=O)C(C)C(O)C(C)=O. The Bertz CT molecular complexity index is 164. The van der Waals surface area contributed by atoms with Gasteiger partial charge in [-0.1, -0.05) is 0 Å². The molecule has 0 rings (SSSR count). The van der Waals surface area contributed by atoms with E-state index in [-0.39, 0.29) is 0 Å². The van der Waals surface area contributed by atoms with Gasteiger partial charge in [-0.25, -0.2) is 0 Å². The van der Waals surface area contributed by atoms with Gasteiger partial charge in [0.25, 0.3) is 0 Å². The molecule has 0 amide bonds. The zero-order valence-electron chi connectivity index (χ0n) is 6.83. The van der Waals surface area contributed by atoms with Gasteiger partial charge in [-0.05, 0) is 13.8 Å². The maximum absolute atomic E-state index is 10.7. The minimum Gasteiger partial charge on any atom is -0.469 e. The molecule has 0 heterocycles. The van der Waals surface area contributed by atoms with Gasteiger partial charge in [0.15, 0.2) is 5.78 Å². The molecule has 64 valence electrons. The molecule has 2 unspecified atom stereocenters. The number of ether oxygens (including phenoxy) is 1. The molecule has 0 aromatic carbocycles. The van der Waals surface area contributed by atoms with E-state index in [2.05, 4.69) is 4.74 Å². The maximum Gasteiger partial charge on any atom is 0.311 e. The predicted molar refractivity (Wildman–Crippen MR) is 37.9 cm³/mol. The van der Waals surface area contributed by atoms with Crippen LogP contribution in [0, 0.1) is 5.92 Å². The topological polar surface area (TPSA) is 63.6 Å². The summed E-state index contributed by atoms with van der Waals surface area (Å²) in [4.78, 5) is 21.3. The van der Waals surface area contributed by atoms with Crippen LogP contribution in [0.2, 0.25) is 0 Å². The van der Waals surface area contributed by atoms with Gasteiger partial charge in [-0.3, -0.25) is 9.59 Å². The van der Waals surface area contributed by atoms with Gasteiger partial charge in [-0.2, -0.15) is 0 Å². The molecule has 0 saturated carbocycles. The smallest absolute Gasteiger partial charge is 0.311 e. The van der Waals surface area contributed by atoms with Gasteiger partial charge in [0, 0.05) is 0 Å². The largest absolute Gasteiger partial charge is 0.469 e. The number of hydrogen-bond donors (Lipinski definition) is 1. The first-order chi connectivity index (χ1) is 5.00. The van der Waals surface area contributed by atoms with Crippen molar-refractivity contribution in [3.8, 4) is 0 Å². The zero-order valence-corrected chi connectivity index (χ0v) is 6.83. The van der Waals surface area contributed by atoms with Crippen molar-refractivity contribution in [1.82, 2.24) is 0 Å². The second-order valence-corrected chi connectivity index (χ2v) is 2.37. The van der Waals surface area contributed by atoms with Crippen molar-refractivity contribution in [2.24, 2.45) is 5.92 Å². The number of esters is 1. The third kappa shape index (κ3) is 2.67. The average molecular weight is 160 g/mol. The van der Waals surface area contributed by atoms with Gasteiger partial charge in [0.1, 0.15) is 6.10 Å². The Morgan fingerprint density at radius 1 is 1.45 bits per heavy atom. The van der Waals surface area contributed by atoms with Crippen LogP contribution in [0.3, 0.4) is 0 Å². The monoisotopic (exact) mass is 160 g/mol. The van der Waals surface area contributed by atoms with E-state index >= 15 is 0 Å². The number of aliphatic hydroxyl groups is 1. The number of hydrogen-bond acceptors (Lipinski definition) is 4. The van der Waals surface area contributed by atoms with Crippen molar-refractivity contribution >= 4 is 11.8 Å². The Kier molecular flexibility index (Phi) is 3.74. The molecule has 0 aliphatic carbocycles. The molecule has 4 nitrogen and oxygen atoms in total. The second kappa shape index (κ2) is 4.08. The lowest BCUT2D eigenvalue weighted by Crippen LogP contribution is -2.32. The fourth-order valence-electron chi connectivity index (χ4n) is 0.667. The molecule has 4 heteroatoms. The van der Waals surface area contributed by atoms with Crippen molar-refractivity contribution in [3.63, 3.8) is 0 Å². The van der Waals surface area contributed by atoms with E-state index in [4.69, 9.17) is 5.11 Å².